The van der Waals surface area contributed by atoms with Gasteiger partial charge in [-0.2, -0.15) is 0 Å². The maximum absolute atomic E-state index is 12.3. The van der Waals surface area contributed by atoms with E-state index in [1.54, 1.807) is 4.90 Å². The zero-order valence-corrected chi connectivity index (χ0v) is 16.9. The Balaban J connectivity index is 1.40. The molecular formula is C20H21ClN4O5. The van der Waals surface area contributed by atoms with Crippen molar-refractivity contribution in [2.45, 2.75) is 0 Å². The van der Waals surface area contributed by atoms with Crippen LogP contribution in [0.25, 0.3) is 0 Å². The second-order valence-electron chi connectivity index (χ2n) is 6.67. The predicted octanol–water partition coefficient (Wildman–Crippen LogP) is 2.09. The Labute approximate surface area is 178 Å². The Hall–Kier alpha value is -3.33. The number of carbonyl (C=O) groups is 2. The number of hydrogen-bond donors (Lipinski definition) is 1. The highest BCUT2D eigenvalue weighted by Gasteiger charge is 2.21. The van der Waals surface area contributed by atoms with Crippen LogP contribution in [0.5, 0.6) is 5.75 Å². The number of non-ortho nitro benzene ring substituents is 1. The van der Waals surface area contributed by atoms with Crippen molar-refractivity contribution in [3.05, 3.63) is 63.7 Å². The maximum Gasteiger partial charge on any atom is 0.273 e. The van der Waals surface area contributed by atoms with E-state index in [9.17, 15) is 19.7 Å². The molecule has 9 nitrogen and oxygen atoms in total. The van der Waals surface area contributed by atoms with Gasteiger partial charge in [-0.1, -0.05) is 23.7 Å². The van der Waals surface area contributed by atoms with Gasteiger partial charge in [0.15, 0.2) is 6.61 Å². The second kappa shape index (κ2) is 9.93. The number of hydrogen-bond acceptors (Lipinski definition) is 6. The normalized spacial score (nSPS) is 13.6. The number of nitro benzene ring substituents is 1. The molecule has 0 bridgehead atoms. The van der Waals surface area contributed by atoms with Crippen LogP contribution in [0.15, 0.2) is 48.5 Å². The second-order valence-corrected chi connectivity index (χ2v) is 7.10. The molecule has 0 unspecified atom stereocenters. The highest BCUT2D eigenvalue weighted by atomic mass is 35.5. The smallest absolute Gasteiger partial charge is 0.273 e. The molecule has 1 saturated heterocycles. The summed E-state index contributed by atoms with van der Waals surface area (Å²) in [6.45, 7) is 1.98. The first-order valence-corrected chi connectivity index (χ1v) is 9.72. The predicted molar refractivity (Wildman–Crippen MR) is 112 cm³/mol. The highest BCUT2D eigenvalue weighted by Crippen LogP contribution is 2.21. The van der Waals surface area contributed by atoms with Crippen LogP contribution in [0.3, 0.4) is 0 Å². The third kappa shape index (κ3) is 5.84. The summed E-state index contributed by atoms with van der Waals surface area (Å²) in [4.78, 5) is 38.3. The number of nitrogens with one attached hydrogen (secondary N) is 1. The van der Waals surface area contributed by atoms with Crippen LogP contribution in [0.4, 0.5) is 11.4 Å². The van der Waals surface area contributed by atoms with Gasteiger partial charge in [0, 0.05) is 43.0 Å². The summed E-state index contributed by atoms with van der Waals surface area (Å²) in [5.41, 5.74) is 0.890. The summed E-state index contributed by atoms with van der Waals surface area (Å²) in [7, 11) is 0. The lowest BCUT2D eigenvalue weighted by Crippen LogP contribution is -2.51. The van der Waals surface area contributed by atoms with E-state index in [4.69, 9.17) is 16.3 Å². The first-order valence-electron chi connectivity index (χ1n) is 9.34. The number of benzene rings is 2. The van der Waals surface area contributed by atoms with E-state index >= 15 is 0 Å². The number of ether oxygens (including phenoxy) is 1. The fraction of sp³-hybridized carbons (Fsp3) is 0.300. The molecule has 2 aromatic rings. The van der Waals surface area contributed by atoms with Crippen LogP contribution >= 0.6 is 11.6 Å². The topological polar surface area (TPSA) is 105 Å². The third-order valence-corrected chi connectivity index (χ3v) is 4.88. The summed E-state index contributed by atoms with van der Waals surface area (Å²) < 4.78 is 5.25. The van der Waals surface area contributed by atoms with Crippen molar-refractivity contribution >= 4 is 34.8 Å². The van der Waals surface area contributed by atoms with Crippen molar-refractivity contribution in [3.63, 3.8) is 0 Å². The number of rotatable bonds is 7. The van der Waals surface area contributed by atoms with Crippen molar-refractivity contribution in [1.82, 2.24) is 10.2 Å². The summed E-state index contributed by atoms with van der Waals surface area (Å²) >= 11 is 6.03. The van der Waals surface area contributed by atoms with Crippen molar-refractivity contribution in [2.75, 3.05) is 44.2 Å². The van der Waals surface area contributed by atoms with E-state index in [2.05, 4.69) is 10.2 Å². The Kier molecular flexibility index (Phi) is 7.08. The number of amides is 2. The van der Waals surface area contributed by atoms with Gasteiger partial charge in [0.1, 0.15) is 5.75 Å². The monoisotopic (exact) mass is 432 g/mol. The number of carbonyl (C=O) groups excluding carboxylic acids is 2. The number of halogens is 1. The summed E-state index contributed by atoms with van der Waals surface area (Å²) in [5, 5.41) is 13.9. The molecule has 1 heterocycles. The van der Waals surface area contributed by atoms with Gasteiger partial charge < -0.3 is 19.9 Å². The molecule has 0 spiro atoms. The minimum absolute atomic E-state index is 0.125. The Morgan fingerprint density at radius 2 is 1.83 bits per heavy atom. The van der Waals surface area contributed by atoms with Crippen LogP contribution < -0.4 is 15.0 Å². The van der Waals surface area contributed by atoms with E-state index in [1.807, 2.05) is 24.3 Å². The molecule has 0 saturated carbocycles. The van der Waals surface area contributed by atoms with E-state index in [0.717, 1.165) is 5.69 Å². The molecule has 0 atom stereocenters. The van der Waals surface area contributed by atoms with E-state index in [-0.39, 0.29) is 30.5 Å². The molecule has 1 aliphatic heterocycles. The lowest BCUT2D eigenvalue weighted by Gasteiger charge is -2.36. The summed E-state index contributed by atoms with van der Waals surface area (Å²) in [5.74, 6) is -0.445. The van der Waals surface area contributed by atoms with Crippen LogP contribution in [0.2, 0.25) is 5.02 Å². The lowest BCUT2D eigenvalue weighted by molar-refractivity contribution is -0.384. The molecule has 1 fully saturated rings. The molecule has 3 rings (SSSR count). The first kappa shape index (κ1) is 21.4. The van der Waals surface area contributed by atoms with Crippen molar-refractivity contribution in [2.24, 2.45) is 0 Å². The van der Waals surface area contributed by atoms with Crippen molar-refractivity contribution < 1.29 is 19.2 Å². The zero-order chi connectivity index (χ0) is 21.5. The van der Waals surface area contributed by atoms with Gasteiger partial charge in [0.05, 0.1) is 17.5 Å². The fourth-order valence-electron chi connectivity index (χ4n) is 3.06. The Bertz CT molecular complexity index is 931. The van der Waals surface area contributed by atoms with Crippen LogP contribution in [-0.4, -0.2) is 61.0 Å². The molecule has 1 N–H and O–H groups in total. The van der Waals surface area contributed by atoms with Crippen molar-refractivity contribution in [3.8, 4) is 5.75 Å². The molecule has 2 amide bonds. The minimum atomic E-state index is -0.544. The maximum atomic E-state index is 12.3. The molecule has 158 valence electrons. The Morgan fingerprint density at radius 1 is 1.10 bits per heavy atom. The molecule has 10 heteroatoms. The molecular weight excluding hydrogens is 412 g/mol. The van der Waals surface area contributed by atoms with Gasteiger partial charge in [-0.25, -0.2) is 0 Å². The van der Waals surface area contributed by atoms with Gasteiger partial charge in [-0.3, -0.25) is 19.7 Å². The average molecular weight is 433 g/mol. The van der Waals surface area contributed by atoms with Gasteiger partial charge in [0.2, 0.25) is 5.91 Å². The van der Waals surface area contributed by atoms with Gasteiger partial charge in [-0.05, 0) is 24.3 Å². The number of anilines is 1. The molecule has 0 aromatic heterocycles. The van der Waals surface area contributed by atoms with Crippen molar-refractivity contribution in [1.29, 1.82) is 0 Å². The van der Waals surface area contributed by atoms with E-state index in [1.165, 1.54) is 24.3 Å². The Morgan fingerprint density at radius 3 is 2.53 bits per heavy atom. The average Bonchev–Trinajstić information content (AvgIpc) is 2.76. The molecule has 2 aromatic carbocycles. The van der Waals surface area contributed by atoms with Gasteiger partial charge in [0.25, 0.3) is 11.6 Å². The van der Waals surface area contributed by atoms with E-state index < -0.39 is 10.8 Å². The third-order valence-electron chi connectivity index (χ3n) is 4.64. The standard InChI is InChI=1S/C20H21ClN4O5/c21-15-3-1-4-16(11-15)23-7-9-24(10-8-23)20(27)13-22-19(26)14-30-18-6-2-5-17(12-18)25(28)29/h1-6,11-12H,7-10,13-14H2,(H,22,26). The van der Waals surface area contributed by atoms with E-state index in [0.29, 0.717) is 31.2 Å². The zero-order valence-electron chi connectivity index (χ0n) is 16.1. The van der Waals surface area contributed by atoms with Crippen LogP contribution in [0, 0.1) is 10.1 Å². The quantitative estimate of drug-likeness (QED) is 0.530. The first-order chi connectivity index (χ1) is 14.4. The lowest BCUT2D eigenvalue weighted by atomic mass is 10.2. The summed E-state index contributed by atoms with van der Waals surface area (Å²) in [6.07, 6.45) is 0. The molecule has 30 heavy (non-hydrogen) atoms. The largest absolute Gasteiger partial charge is 0.484 e. The van der Waals surface area contributed by atoms with Crippen LogP contribution in [-0.2, 0) is 9.59 Å². The van der Waals surface area contributed by atoms with Gasteiger partial charge in [-0.15, -0.1) is 0 Å². The number of piperazine rings is 1. The molecule has 0 radical (unpaired) electrons. The van der Waals surface area contributed by atoms with Gasteiger partial charge >= 0.3 is 0 Å². The molecule has 0 aliphatic carbocycles. The highest BCUT2D eigenvalue weighted by molar-refractivity contribution is 6.30. The molecule has 1 aliphatic rings. The fourth-order valence-corrected chi connectivity index (χ4v) is 3.24. The minimum Gasteiger partial charge on any atom is -0.484 e. The number of nitro groups is 1. The number of nitrogens with zero attached hydrogens (tertiary/aromatic N) is 3. The SMILES string of the molecule is O=C(COc1cccc([N+](=O)[O-])c1)NCC(=O)N1CCN(c2cccc(Cl)c2)CC1. The van der Waals surface area contributed by atoms with Crippen LogP contribution in [0.1, 0.15) is 0 Å². The summed E-state index contributed by atoms with van der Waals surface area (Å²) in [6, 6.07) is 13.1.